The summed E-state index contributed by atoms with van der Waals surface area (Å²) in [7, 11) is 3.78. The second-order valence-electron chi connectivity index (χ2n) is 7.08. The molecule has 1 rings (SSSR count). The molecule has 21 heavy (non-hydrogen) atoms. The molecule has 1 heterocycles. The van der Waals surface area contributed by atoms with Crippen molar-refractivity contribution in [3.63, 3.8) is 0 Å². The van der Waals surface area contributed by atoms with Crippen LogP contribution in [0.2, 0.25) is 0 Å². The Bertz CT molecular complexity index is 476. The predicted octanol–water partition coefficient (Wildman–Crippen LogP) is 1.41. The first kappa shape index (κ1) is 18.1. The highest BCUT2D eigenvalue weighted by Crippen LogP contribution is 2.25. The van der Waals surface area contributed by atoms with Crippen molar-refractivity contribution in [3.05, 3.63) is 16.1 Å². The molecule has 0 unspecified atom stereocenters. The summed E-state index contributed by atoms with van der Waals surface area (Å²) in [6.45, 7) is 8.77. The van der Waals surface area contributed by atoms with Crippen molar-refractivity contribution in [2.75, 3.05) is 27.2 Å². The molecule has 0 aromatic carbocycles. The van der Waals surface area contributed by atoms with E-state index < -0.39 is 5.60 Å². The van der Waals surface area contributed by atoms with Gasteiger partial charge in [-0.1, -0.05) is 20.8 Å². The second kappa shape index (κ2) is 6.85. The number of likely N-dealkylation sites (N-methyl/N-ethyl adjacent to an activating group) is 1. The van der Waals surface area contributed by atoms with Crippen molar-refractivity contribution in [1.29, 1.82) is 0 Å². The minimum absolute atomic E-state index is 0.00870. The summed E-state index contributed by atoms with van der Waals surface area (Å²) >= 11 is 1.58. The van der Waals surface area contributed by atoms with E-state index in [1.54, 1.807) is 18.3 Å². The zero-order chi connectivity index (χ0) is 16.3. The molecular weight excluding hydrogens is 286 g/mol. The minimum atomic E-state index is -0.933. The summed E-state index contributed by atoms with van der Waals surface area (Å²) in [5.41, 5.74) is -0.137. The predicted molar refractivity (Wildman–Crippen MR) is 86.7 cm³/mol. The van der Waals surface area contributed by atoms with E-state index >= 15 is 0 Å². The van der Waals surface area contributed by atoms with E-state index in [1.807, 2.05) is 24.4 Å². The van der Waals surface area contributed by atoms with Crippen LogP contribution in [0.15, 0.2) is 5.38 Å². The zero-order valence-electron chi connectivity index (χ0n) is 13.9. The highest BCUT2D eigenvalue weighted by atomic mass is 32.1. The van der Waals surface area contributed by atoms with E-state index in [1.165, 1.54) is 0 Å². The zero-order valence-corrected chi connectivity index (χ0v) is 14.7. The Morgan fingerprint density at radius 3 is 2.48 bits per heavy atom. The average Bonchev–Trinajstić information content (AvgIpc) is 2.73. The highest BCUT2D eigenvalue weighted by molar-refractivity contribution is 7.09. The van der Waals surface area contributed by atoms with Crippen LogP contribution in [0.1, 0.15) is 38.4 Å². The molecule has 1 aromatic rings. The molecule has 5 nitrogen and oxygen atoms in total. The van der Waals surface area contributed by atoms with Gasteiger partial charge in [0.15, 0.2) is 0 Å². The van der Waals surface area contributed by atoms with E-state index in [9.17, 15) is 9.90 Å². The number of hydrogen-bond acceptors (Lipinski definition) is 5. The first-order valence-electron chi connectivity index (χ1n) is 7.08. The second-order valence-corrected chi connectivity index (χ2v) is 7.94. The Hall–Kier alpha value is -0.980. The Kier molecular flexibility index (Phi) is 5.90. The number of carbonyl (C=O) groups excluding carboxylic acids is 1. The fraction of sp³-hybridized carbons (Fsp3) is 0.733. The number of rotatable bonds is 6. The lowest BCUT2D eigenvalue weighted by Gasteiger charge is -2.27. The minimum Gasteiger partial charge on any atom is -0.387 e. The molecular formula is C15H27N3O2S. The fourth-order valence-electron chi connectivity index (χ4n) is 1.99. The van der Waals surface area contributed by atoms with Gasteiger partial charge in [-0.15, -0.1) is 11.3 Å². The molecule has 2 N–H and O–H groups in total. The lowest BCUT2D eigenvalue weighted by atomic mass is 9.98. The van der Waals surface area contributed by atoms with Crippen LogP contribution in [0.5, 0.6) is 0 Å². The molecule has 0 saturated carbocycles. The molecule has 0 fully saturated rings. The van der Waals surface area contributed by atoms with Crippen LogP contribution in [0.3, 0.4) is 0 Å². The van der Waals surface area contributed by atoms with E-state index in [4.69, 9.17) is 0 Å². The van der Waals surface area contributed by atoms with Crippen LogP contribution in [-0.2, 0) is 16.6 Å². The van der Waals surface area contributed by atoms with Crippen LogP contribution in [-0.4, -0.2) is 53.7 Å². The van der Waals surface area contributed by atoms with E-state index in [0.29, 0.717) is 6.54 Å². The van der Waals surface area contributed by atoms with Crippen molar-refractivity contribution in [2.24, 2.45) is 0 Å². The van der Waals surface area contributed by atoms with Gasteiger partial charge in [0.2, 0.25) is 5.91 Å². The number of thiazole rings is 1. The number of nitrogens with zero attached hydrogens (tertiary/aromatic N) is 2. The van der Waals surface area contributed by atoms with Gasteiger partial charge < -0.3 is 15.3 Å². The SMILES string of the molecule is CN(C)C[C@](C)(O)CNC(=O)Cc1csc(C(C)(C)C)n1. The molecule has 0 spiro atoms. The molecule has 1 aromatic heterocycles. The molecule has 1 amide bonds. The third-order valence-corrected chi connectivity index (χ3v) is 4.18. The van der Waals surface area contributed by atoms with Crippen LogP contribution >= 0.6 is 11.3 Å². The molecule has 0 saturated heterocycles. The van der Waals surface area contributed by atoms with Crippen LogP contribution in [0.25, 0.3) is 0 Å². The standard InChI is InChI=1S/C15H27N3O2S/c1-14(2,3)13-17-11(8-21-13)7-12(19)16-9-15(4,20)10-18(5)6/h8,20H,7,9-10H2,1-6H3,(H,16,19)/t15-/m1/s1. The average molecular weight is 313 g/mol. The summed E-state index contributed by atoms with van der Waals surface area (Å²) in [4.78, 5) is 18.3. The molecule has 0 aliphatic rings. The van der Waals surface area contributed by atoms with Crippen LogP contribution in [0.4, 0.5) is 0 Å². The number of hydrogen-bond donors (Lipinski definition) is 2. The van der Waals surface area contributed by atoms with E-state index in [2.05, 4.69) is 31.1 Å². The van der Waals surface area contributed by atoms with Crippen molar-refractivity contribution >= 4 is 17.2 Å². The van der Waals surface area contributed by atoms with Crippen molar-refractivity contribution in [2.45, 2.75) is 45.1 Å². The topological polar surface area (TPSA) is 65.5 Å². The number of aromatic nitrogens is 1. The fourth-order valence-corrected chi connectivity index (χ4v) is 2.89. The van der Waals surface area contributed by atoms with Gasteiger partial charge in [0, 0.05) is 23.9 Å². The van der Waals surface area contributed by atoms with Crippen LogP contribution < -0.4 is 5.32 Å². The molecule has 0 bridgehead atoms. The van der Waals surface area contributed by atoms with Crippen molar-refractivity contribution in [1.82, 2.24) is 15.2 Å². The number of aliphatic hydroxyl groups is 1. The molecule has 0 radical (unpaired) electrons. The van der Waals surface area contributed by atoms with E-state index in [0.717, 1.165) is 10.7 Å². The molecule has 0 aliphatic carbocycles. The smallest absolute Gasteiger partial charge is 0.226 e. The van der Waals surface area contributed by atoms with Crippen molar-refractivity contribution in [3.8, 4) is 0 Å². The molecule has 120 valence electrons. The summed E-state index contributed by atoms with van der Waals surface area (Å²) in [6, 6.07) is 0. The maximum atomic E-state index is 11.9. The van der Waals surface area contributed by atoms with Gasteiger partial charge in [-0.25, -0.2) is 4.98 Å². The monoisotopic (exact) mass is 313 g/mol. The summed E-state index contributed by atoms with van der Waals surface area (Å²) in [6.07, 6.45) is 0.255. The van der Waals surface area contributed by atoms with Crippen molar-refractivity contribution < 1.29 is 9.90 Å². The van der Waals surface area contributed by atoms with Gasteiger partial charge in [-0.05, 0) is 21.0 Å². The number of nitrogens with one attached hydrogen (secondary N) is 1. The number of amides is 1. The van der Waals surface area contributed by atoms with Gasteiger partial charge in [-0.2, -0.15) is 0 Å². The van der Waals surface area contributed by atoms with Gasteiger partial charge >= 0.3 is 0 Å². The maximum absolute atomic E-state index is 11.9. The Morgan fingerprint density at radius 2 is 2.00 bits per heavy atom. The molecule has 6 heteroatoms. The van der Waals surface area contributed by atoms with Gasteiger partial charge in [0.1, 0.15) is 0 Å². The first-order chi connectivity index (χ1) is 9.49. The third kappa shape index (κ3) is 6.54. The van der Waals surface area contributed by atoms with E-state index in [-0.39, 0.29) is 24.3 Å². The van der Waals surface area contributed by atoms with Gasteiger partial charge in [0.25, 0.3) is 0 Å². The molecule has 1 atom stereocenters. The largest absolute Gasteiger partial charge is 0.387 e. The Morgan fingerprint density at radius 1 is 1.38 bits per heavy atom. The lowest BCUT2D eigenvalue weighted by molar-refractivity contribution is -0.121. The summed E-state index contributed by atoms with van der Waals surface area (Å²) < 4.78 is 0. The highest BCUT2D eigenvalue weighted by Gasteiger charge is 2.23. The summed E-state index contributed by atoms with van der Waals surface area (Å²) in [5.74, 6) is -0.111. The van der Waals surface area contributed by atoms with Gasteiger partial charge in [0.05, 0.1) is 22.7 Å². The Balaban J connectivity index is 2.49. The summed E-state index contributed by atoms with van der Waals surface area (Å²) in [5, 5.41) is 15.9. The Labute approximate surface area is 131 Å². The van der Waals surface area contributed by atoms with Crippen LogP contribution in [0, 0.1) is 0 Å². The maximum Gasteiger partial charge on any atom is 0.226 e. The number of carbonyl (C=O) groups is 1. The third-order valence-electron chi connectivity index (χ3n) is 2.86. The lowest BCUT2D eigenvalue weighted by Crippen LogP contribution is -2.47. The normalized spacial score (nSPS) is 15.0. The quantitative estimate of drug-likeness (QED) is 0.833. The first-order valence-corrected chi connectivity index (χ1v) is 7.96. The molecule has 0 aliphatic heterocycles. The van der Waals surface area contributed by atoms with Gasteiger partial charge in [-0.3, -0.25) is 4.79 Å².